The van der Waals surface area contributed by atoms with Crippen LogP contribution in [-0.4, -0.2) is 26.1 Å². The van der Waals surface area contributed by atoms with Crippen LogP contribution in [0.5, 0.6) is 5.75 Å². The molecule has 19 heavy (non-hydrogen) atoms. The number of carbonyl (C=O) groups is 1. The van der Waals surface area contributed by atoms with Crippen molar-refractivity contribution < 1.29 is 13.9 Å². The molecule has 1 aromatic rings. The van der Waals surface area contributed by atoms with Crippen molar-refractivity contribution in [1.82, 2.24) is 5.32 Å². The molecule has 0 saturated carbocycles. The van der Waals surface area contributed by atoms with Gasteiger partial charge in [-0.2, -0.15) is 0 Å². The van der Waals surface area contributed by atoms with E-state index in [0.29, 0.717) is 18.0 Å². The van der Waals surface area contributed by atoms with Gasteiger partial charge < -0.3 is 15.4 Å². The predicted octanol–water partition coefficient (Wildman–Crippen LogP) is 2.16. The lowest BCUT2D eigenvalue weighted by molar-refractivity contribution is -0.125. The molecule has 1 amide bonds. The van der Waals surface area contributed by atoms with Crippen LogP contribution >= 0.6 is 0 Å². The summed E-state index contributed by atoms with van der Waals surface area (Å²) in [5, 5.41) is 6.06. The zero-order valence-electron chi connectivity index (χ0n) is 11.3. The van der Waals surface area contributed by atoms with Gasteiger partial charge in [0, 0.05) is 12.6 Å². The molecule has 1 aliphatic rings. The summed E-state index contributed by atoms with van der Waals surface area (Å²) < 4.78 is 18.2. The number of methoxy groups -OCH3 is 1. The average Bonchev–Trinajstić information content (AvgIpc) is 2.41. The van der Waals surface area contributed by atoms with Gasteiger partial charge in [0.05, 0.1) is 18.2 Å². The second kappa shape index (κ2) is 5.57. The maximum atomic E-state index is 13.1. The number of nitrogens with one attached hydrogen (secondary N) is 2. The summed E-state index contributed by atoms with van der Waals surface area (Å²) in [6.07, 6.45) is 1.82. The molecule has 0 aliphatic carbocycles. The molecule has 1 aromatic carbocycles. The first-order valence-corrected chi connectivity index (χ1v) is 6.41. The van der Waals surface area contributed by atoms with E-state index in [9.17, 15) is 9.18 Å². The fourth-order valence-corrected chi connectivity index (χ4v) is 2.29. The molecule has 0 radical (unpaired) electrons. The van der Waals surface area contributed by atoms with E-state index < -0.39 is 5.41 Å². The molecule has 1 saturated heterocycles. The Balaban J connectivity index is 2.14. The summed E-state index contributed by atoms with van der Waals surface area (Å²) in [4.78, 5) is 12.3. The number of carbonyl (C=O) groups excluding carboxylic acids is 1. The molecule has 0 aromatic heterocycles. The van der Waals surface area contributed by atoms with Crippen LogP contribution in [0.1, 0.15) is 19.8 Å². The summed E-state index contributed by atoms with van der Waals surface area (Å²) in [5.41, 5.74) is 0.0678. The zero-order chi connectivity index (χ0) is 13.9. The van der Waals surface area contributed by atoms with E-state index in [1.807, 2.05) is 6.92 Å². The van der Waals surface area contributed by atoms with Gasteiger partial charge in [0.15, 0.2) is 0 Å². The van der Waals surface area contributed by atoms with E-state index in [0.717, 1.165) is 19.4 Å². The third kappa shape index (κ3) is 3.04. The summed E-state index contributed by atoms with van der Waals surface area (Å²) in [6, 6.07) is 4.09. The quantitative estimate of drug-likeness (QED) is 0.881. The van der Waals surface area contributed by atoms with Gasteiger partial charge in [-0.3, -0.25) is 4.79 Å². The van der Waals surface area contributed by atoms with Crippen LogP contribution in [0.3, 0.4) is 0 Å². The van der Waals surface area contributed by atoms with Crippen molar-refractivity contribution in [1.29, 1.82) is 0 Å². The van der Waals surface area contributed by atoms with Crippen LogP contribution < -0.4 is 15.4 Å². The first kappa shape index (κ1) is 13.8. The highest BCUT2D eigenvalue weighted by Gasteiger charge is 2.34. The number of ether oxygens (including phenoxy) is 1. The molecule has 1 heterocycles. The van der Waals surface area contributed by atoms with Crippen molar-refractivity contribution in [2.45, 2.75) is 19.8 Å². The minimum absolute atomic E-state index is 0.0652. The molecule has 4 nitrogen and oxygen atoms in total. The Bertz CT molecular complexity index is 471. The first-order chi connectivity index (χ1) is 9.05. The number of hydrogen-bond acceptors (Lipinski definition) is 3. The highest BCUT2D eigenvalue weighted by molar-refractivity contribution is 5.96. The van der Waals surface area contributed by atoms with Gasteiger partial charge in [-0.05, 0) is 38.4 Å². The minimum Gasteiger partial charge on any atom is -0.494 e. The van der Waals surface area contributed by atoms with Crippen LogP contribution in [0.2, 0.25) is 0 Å². The SMILES string of the molecule is COc1cc(F)ccc1NC(=O)C1(C)CCCNC1. The van der Waals surface area contributed by atoms with Crippen molar-refractivity contribution >= 4 is 11.6 Å². The molecule has 1 fully saturated rings. The third-order valence-corrected chi connectivity index (χ3v) is 3.56. The van der Waals surface area contributed by atoms with Crippen LogP contribution in [0.4, 0.5) is 10.1 Å². The lowest BCUT2D eigenvalue weighted by Gasteiger charge is -2.32. The Labute approximate surface area is 112 Å². The molecule has 1 atom stereocenters. The monoisotopic (exact) mass is 266 g/mol. The number of halogens is 1. The highest BCUT2D eigenvalue weighted by atomic mass is 19.1. The van der Waals surface area contributed by atoms with Gasteiger partial charge in [0.1, 0.15) is 11.6 Å². The van der Waals surface area contributed by atoms with E-state index in [2.05, 4.69) is 10.6 Å². The van der Waals surface area contributed by atoms with Crippen LogP contribution in [0.25, 0.3) is 0 Å². The molecule has 2 rings (SSSR count). The number of rotatable bonds is 3. The van der Waals surface area contributed by atoms with Crippen LogP contribution in [0.15, 0.2) is 18.2 Å². The Morgan fingerprint density at radius 3 is 2.95 bits per heavy atom. The number of hydrogen-bond donors (Lipinski definition) is 2. The molecule has 1 aliphatic heterocycles. The Kier molecular flexibility index (Phi) is 4.04. The predicted molar refractivity (Wildman–Crippen MR) is 71.8 cm³/mol. The van der Waals surface area contributed by atoms with Crippen molar-refractivity contribution in [3.63, 3.8) is 0 Å². The van der Waals surface area contributed by atoms with E-state index in [1.165, 1.54) is 25.3 Å². The van der Waals surface area contributed by atoms with Gasteiger partial charge in [-0.25, -0.2) is 4.39 Å². The molecule has 104 valence electrons. The highest BCUT2D eigenvalue weighted by Crippen LogP contribution is 2.30. The van der Waals surface area contributed by atoms with Crippen molar-refractivity contribution in [2.75, 3.05) is 25.5 Å². The molecule has 5 heteroatoms. The minimum atomic E-state index is -0.433. The fraction of sp³-hybridized carbons (Fsp3) is 0.500. The fourth-order valence-electron chi connectivity index (χ4n) is 2.29. The lowest BCUT2D eigenvalue weighted by atomic mass is 9.82. The lowest BCUT2D eigenvalue weighted by Crippen LogP contribution is -2.46. The average molecular weight is 266 g/mol. The number of benzene rings is 1. The van der Waals surface area contributed by atoms with Gasteiger partial charge in [-0.1, -0.05) is 0 Å². The van der Waals surface area contributed by atoms with Crippen molar-refractivity contribution in [2.24, 2.45) is 5.41 Å². The largest absolute Gasteiger partial charge is 0.494 e. The normalized spacial score (nSPS) is 22.9. The van der Waals surface area contributed by atoms with Crippen molar-refractivity contribution in [3.8, 4) is 5.75 Å². The standard InChI is InChI=1S/C14H19FN2O2/c1-14(6-3-7-16-9-14)13(18)17-11-5-4-10(15)8-12(11)19-2/h4-5,8,16H,3,6-7,9H2,1-2H3,(H,17,18). The molecule has 1 unspecified atom stereocenters. The Morgan fingerprint density at radius 2 is 2.32 bits per heavy atom. The van der Waals surface area contributed by atoms with Gasteiger partial charge >= 0.3 is 0 Å². The molecule has 2 N–H and O–H groups in total. The first-order valence-electron chi connectivity index (χ1n) is 6.41. The third-order valence-electron chi connectivity index (χ3n) is 3.56. The summed E-state index contributed by atoms with van der Waals surface area (Å²) >= 11 is 0. The molecule has 0 bridgehead atoms. The molecule has 0 spiro atoms. The summed E-state index contributed by atoms with van der Waals surface area (Å²) in [6.45, 7) is 3.54. The second-order valence-electron chi connectivity index (χ2n) is 5.14. The van der Waals surface area contributed by atoms with Gasteiger partial charge in [0.2, 0.25) is 5.91 Å². The van der Waals surface area contributed by atoms with Gasteiger partial charge in [0.25, 0.3) is 0 Å². The Hall–Kier alpha value is -1.62. The molecular formula is C14H19FN2O2. The number of anilines is 1. The summed E-state index contributed by atoms with van der Waals surface area (Å²) in [5.74, 6) is -0.120. The Morgan fingerprint density at radius 1 is 1.53 bits per heavy atom. The second-order valence-corrected chi connectivity index (χ2v) is 5.14. The van der Waals surface area contributed by atoms with Gasteiger partial charge in [-0.15, -0.1) is 0 Å². The van der Waals surface area contributed by atoms with E-state index in [-0.39, 0.29) is 11.7 Å². The van der Waals surface area contributed by atoms with E-state index >= 15 is 0 Å². The van der Waals surface area contributed by atoms with Crippen LogP contribution in [0, 0.1) is 11.2 Å². The van der Waals surface area contributed by atoms with Crippen molar-refractivity contribution in [3.05, 3.63) is 24.0 Å². The number of amides is 1. The number of piperidine rings is 1. The smallest absolute Gasteiger partial charge is 0.231 e. The molecular weight excluding hydrogens is 247 g/mol. The summed E-state index contributed by atoms with van der Waals surface area (Å²) in [7, 11) is 1.45. The topological polar surface area (TPSA) is 50.4 Å². The maximum Gasteiger partial charge on any atom is 0.231 e. The zero-order valence-corrected chi connectivity index (χ0v) is 11.3. The van der Waals surface area contributed by atoms with Crippen LogP contribution in [-0.2, 0) is 4.79 Å². The van der Waals surface area contributed by atoms with E-state index in [1.54, 1.807) is 0 Å². The van der Waals surface area contributed by atoms with E-state index in [4.69, 9.17) is 4.74 Å². The maximum absolute atomic E-state index is 13.1.